The summed E-state index contributed by atoms with van der Waals surface area (Å²) in [5, 5.41) is 8.12. The van der Waals surface area contributed by atoms with Gasteiger partial charge in [-0.1, -0.05) is 18.2 Å². The molecule has 8 nitrogen and oxygen atoms in total. The molecular weight excluding hydrogens is 446 g/mol. The molecule has 1 saturated heterocycles. The molecule has 2 aromatic carbocycles. The van der Waals surface area contributed by atoms with Gasteiger partial charge in [-0.05, 0) is 55.9 Å². The Morgan fingerprint density at radius 3 is 2.82 bits per heavy atom. The Bertz CT molecular complexity index is 1330. The largest absolute Gasteiger partial charge is 0.385 e. The predicted molar refractivity (Wildman–Crippen MR) is 140 cm³/mol. The van der Waals surface area contributed by atoms with Gasteiger partial charge in [-0.15, -0.1) is 0 Å². The summed E-state index contributed by atoms with van der Waals surface area (Å²) < 4.78 is 8.24. The monoisotopic (exact) mass is 477 g/mol. The third-order valence-electron chi connectivity index (χ3n) is 6.38. The molecule has 0 bridgehead atoms. The summed E-state index contributed by atoms with van der Waals surface area (Å²) in [4.78, 5) is 14.8. The van der Waals surface area contributed by atoms with Gasteiger partial charge in [-0.2, -0.15) is 0 Å². The van der Waals surface area contributed by atoms with E-state index in [1.807, 2.05) is 0 Å². The lowest BCUT2D eigenvalue weighted by atomic mass is 10.1. The van der Waals surface area contributed by atoms with Crippen LogP contribution in [0.15, 0.2) is 42.7 Å². The van der Waals surface area contributed by atoms with Crippen molar-refractivity contribution in [2.75, 3.05) is 50.0 Å². The minimum absolute atomic E-state index is 0.669. The van der Waals surface area contributed by atoms with Crippen LogP contribution < -0.4 is 10.6 Å². The van der Waals surface area contributed by atoms with Crippen molar-refractivity contribution in [1.82, 2.24) is 24.4 Å². The Balaban J connectivity index is 1.28. The smallest absolute Gasteiger partial charge is 0.178 e. The quantitative estimate of drug-likeness (QED) is 0.243. The van der Waals surface area contributed by atoms with E-state index in [4.69, 9.17) is 17.0 Å². The second kappa shape index (κ2) is 10.5. The van der Waals surface area contributed by atoms with Crippen LogP contribution in [-0.2, 0) is 17.8 Å². The van der Waals surface area contributed by atoms with Crippen molar-refractivity contribution in [3.8, 4) is 0 Å². The molecule has 0 atom stereocenters. The van der Waals surface area contributed by atoms with Crippen LogP contribution in [0.2, 0.25) is 0 Å². The van der Waals surface area contributed by atoms with Crippen molar-refractivity contribution in [2.45, 2.75) is 26.4 Å². The first-order chi connectivity index (χ1) is 16.7. The number of imidazole rings is 1. The zero-order chi connectivity index (χ0) is 23.3. The van der Waals surface area contributed by atoms with Gasteiger partial charge in [-0.3, -0.25) is 4.90 Å². The van der Waals surface area contributed by atoms with Gasteiger partial charge in [0.1, 0.15) is 12.1 Å². The van der Waals surface area contributed by atoms with Crippen LogP contribution in [0.5, 0.6) is 0 Å². The molecule has 3 N–H and O–H groups in total. The molecule has 0 saturated carbocycles. The number of aryl methyl sites for hydroxylation is 1. The van der Waals surface area contributed by atoms with E-state index in [9.17, 15) is 0 Å². The second-order valence-corrected chi connectivity index (χ2v) is 8.91. The zero-order valence-corrected chi connectivity index (χ0v) is 20.3. The third kappa shape index (κ3) is 4.91. The number of nitrogens with one attached hydrogen (secondary N) is 3. The number of ether oxygens (including phenoxy) is 1. The number of hydrogen-bond donors (Lipinski definition) is 3. The average Bonchev–Trinajstić information content (AvgIpc) is 3.18. The molecule has 178 valence electrons. The number of H-pyrrole nitrogens is 1. The van der Waals surface area contributed by atoms with Gasteiger partial charge < -0.3 is 24.9 Å². The Morgan fingerprint density at radius 2 is 1.97 bits per heavy atom. The van der Waals surface area contributed by atoms with Gasteiger partial charge in [0.2, 0.25) is 0 Å². The molecule has 9 heteroatoms. The molecule has 34 heavy (non-hydrogen) atoms. The molecule has 4 aromatic rings. The molecular formula is C25H31N7OS. The maximum atomic E-state index is 5.47. The van der Waals surface area contributed by atoms with Crippen molar-refractivity contribution < 1.29 is 4.74 Å². The molecule has 0 aliphatic carbocycles. The number of hydrogen-bond acceptors (Lipinski definition) is 7. The van der Waals surface area contributed by atoms with E-state index < -0.39 is 0 Å². The number of aromatic nitrogens is 4. The first-order valence-electron chi connectivity index (χ1n) is 12.0. The standard InChI is InChI=1S/C25H31N7OS/c1-2-32-23-15-21-19(14-22(23)30-25(32)34)24(29-17-28-21)27-16-18-6-3-4-7-20(18)26-8-5-9-31-10-12-33-13-11-31/h3-4,6-7,14-15,17,26H,2,5,8-13,16H2,1H3,(H,30,34)(H,27,28,29). The molecule has 1 aliphatic heterocycles. The Labute approximate surface area is 204 Å². The summed E-state index contributed by atoms with van der Waals surface area (Å²) >= 11 is 5.47. The summed E-state index contributed by atoms with van der Waals surface area (Å²) in [6, 6.07) is 12.6. The molecule has 0 amide bonds. The van der Waals surface area contributed by atoms with Gasteiger partial charge in [0.15, 0.2) is 4.77 Å². The van der Waals surface area contributed by atoms with Crippen LogP contribution >= 0.6 is 12.2 Å². The highest BCUT2D eigenvalue weighted by Gasteiger charge is 2.11. The first-order valence-corrected chi connectivity index (χ1v) is 12.4. The zero-order valence-electron chi connectivity index (χ0n) is 19.5. The summed E-state index contributed by atoms with van der Waals surface area (Å²) in [5.74, 6) is 0.817. The Hall–Kier alpha value is -3.01. The molecule has 0 spiro atoms. The van der Waals surface area contributed by atoms with Crippen molar-refractivity contribution in [1.29, 1.82) is 0 Å². The molecule has 1 aliphatic rings. The number of para-hydroxylation sites is 1. The van der Waals surface area contributed by atoms with Gasteiger partial charge in [0.25, 0.3) is 0 Å². The number of anilines is 2. The fourth-order valence-corrected chi connectivity index (χ4v) is 4.88. The van der Waals surface area contributed by atoms with Crippen LogP contribution in [0.1, 0.15) is 18.9 Å². The van der Waals surface area contributed by atoms with Crippen LogP contribution in [0.25, 0.3) is 21.9 Å². The lowest BCUT2D eigenvalue weighted by Gasteiger charge is -2.26. The first kappa shape index (κ1) is 22.8. The number of rotatable bonds is 9. The van der Waals surface area contributed by atoms with Crippen molar-refractivity contribution in [3.05, 3.63) is 53.1 Å². The van der Waals surface area contributed by atoms with E-state index in [0.717, 1.165) is 90.6 Å². The summed E-state index contributed by atoms with van der Waals surface area (Å²) in [5.41, 5.74) is 5.33. The van der Waals surface area contributed by atoms with E-state index in [1.54, 1.807) is 6.33 Å². The summed E-state index contributed by atoms with van der Waals surface area (Å²) in [7, 11) is 0. The second-order valence-electron chi connectivity index (χ2n) is 8.53. The molecule has 2 aromatic heterocycles. The van der Waals surface area contributed by atoms with Crippen molar-refractivity contribution in [2.24, 2.45) is 0 Å². The number of fused-ring (bicyclic) bond motifs is 2. The normalized spacial score (nSPS) is 14.6. The van der Waals surface area contributed by atoms with Crippen molar-refractivity contribution in [3.63, 3.8) is 0 Å². The van der Waals surface area contributed by atoms with Crippen LogP contribution in [0, 0.1) is 4.77 Å². The van der Waals surface area contributed by atoms with Gasteiger partial charge >= 0.3 is 0 Å². The fourth-order valence-electron chi connectivity index (χ4n) is 4.54. The van der Waals surface area contributed by atoms with Gasteiger partial charge in [0, 0.05) is 43.8 Å². The molecule has 3 heterocycles. The third-order valence-corrected chi connectivity index (χ3v) is 6.70. The fraction of sp³-hybridized carbons (Fsp3) is 0.400. The molecule has 0 unspecified atom stereocenters. The van der Waals surface area contributed by atoms with Crippen LogP contribution in [-0.4, -0.2) is 63.8 Å². The maximum absolute atomic E-state index is 5.47. The van der Waals surface area contributed by atoms with Crippen molar-refractivity contribution >= 4 is 45.7 Å². The van der Waals surface area contributed by atoms with E-state index in [2.05, 4.69) is 78.4 Å². The number of nitrogens with zero attached hydrogens (tertiary/aromatic N) is 4. The number of aromatic amines is 1. The predicted octanol–water partition coefficient (Wildman–Crippen LogP) is 4.41. The van der Waals surface area contributed by atoms with E-state index in [-0.39, 0.29) is 0 Å². The summed E-state index contributed by atoms with van der Waals surface area (Å²) in [6.45, 7) is 9.39. The molecule has 5 rings (SSSR count). The lowest BCUT2D eigenvalue weighted by Crippen LogP contribution is -2.37. The molecule has 1 fully saturated rings. The highest BCUT2D eigenvalue weighted by Crippen LogP contribution is 2.26. The molecule has 0 radical (unpaired) electrons. The number of benzene rings is 2. The SMILES string of the molecule is CCn1c(=S)[nH]c2cc3c(NCc4ccccc4NCCCN4CCOCC4)ncnc3cc21. The Kier molecular flexibility index (Phi) is 7.03. The highest BCUT2D eigenvalue weighted by molar-refractivity contribution is 7.71. The Morgan fingerprint density at radius 1 is 1.12 bits per heavy atom. The highest BCUT2D eigenvalue weighted by atomic mass is 32.1. The summed E-state index contributed by atoms with van der Waals surface area (Å²) in [6.07, 6.45) is 2.72. The van der Waals surface area contributed by atoms with E-state index in [1.165, 1.54) is 5.56 Å². The van der Waals surface area contributed by atoms with E-state index >= 15 is 0 Å². The minimum atomic E-state index is 0.669. The average molecular weight is 478 g/mol. The minimum Gasteiger partial charge on any atom is -0.385 e. The maximum Gasteiger partial charge on any atom is 0.178 e. The topological polar surface area (TPSA) is 83.0 Å². The van der Waals surface area contributed by atoms with Crippen LogP contribution in [0.3, 0.4) is 0 Å². The van der Waals surface area contributed by atoms with E-state index in [0.29, 0.717) is 6.54 Å². The van der Waals surface area contributed by atoms with Gasteiger partial charge in [-0.25, -0.2) is 9.97 Å². The number of morpholine rings is 1. The lowest BCUT2D eigenvalue weighted by molar-refractivity contribution is 0.0378. The van der Waals surface area contributed by atoms with Gasteiger partial charge in [0.05, 0.1) is 29.8 Å². The van der Waals surface area contributed by atoms with Crippen LogP contribution in [0.4, 0.5) is 11.5 Å².